The molecule has 1 saturated heterocycles. The Hall–Kier alpha value is -1.92. The number of nitrogens with two attached hydrogens (primary N) is 1. The van der Waals surface area contributed by atoms with Crippen LogP contribution in [0, 0.1) is 5.92 Å². The van der Waals surface area contributed by atoms with Gasteiger partial charge in [0.05, 0.1) is 11.5 Å². The van der Waals surface area contributed by atoms with Gasteiger partial charge in [-0.05, 0) is 18.6 Å². The van der Waals surface area contributed by atoms with E-state index < -0.39 is 23.4 Å². The molecule has 1 aromatic carbocycles. The van der Waals surface area contributed by atoms with Crippen molar-refractivity contribution in [2.24, 2.45) is 11.7 Å². The van der Waals surface area contributed by atoms with Gasteiger partial charge in [0, 0.05) is 24.8 Å². The number of hydrogen-bond donors (Lipinski definition) is 2. The molecule has 0 radical (unpaired) electrons. The van der Waals surface area contributed by atoms with Crippen LogP contribution in [0.3, 0.4) is 0 Å². The second-order valence-electron chi connectivity index (χ2n) is 4.53. The van der Waals surface area contributed by atoms with Crippen LogP contribution in [0.2, 0.25) is 0 Å². The third kappa shape index (κ3) is 2.74. The number of hydrogen-bond acceptors (Lipinski definition) is 3. The first-order valence-electron chi connectivity index (χ1n) is 5.73. The molecule has 19 heavy (non-hydrogen) atoms. The number of anilines is 1. The van der Waals surface area contributed by atoms with Gasteiger partial charge in [-0.2, -0.15) is 13.2 Å². The number of primary amides is 1. The van der Waals surface area contributed by atoms with Crippen LogP contribution in [0.25, 0.3) is 0 Å². The lowest BCUT2D eigenvalue weighted by molar-refractivity contribution is -0.138. The lowest BCUT2D eigenvalue weighted by atomic mass is 10.1. The van der Waals surface area contributed by atoms with Crippen molar-refractivity contribution in [3.63, 3.8) is 0 Å². The van der Waals surface area contributed by atoms with Crippen molar-refractivity contribution in [1.29, 1.82) is 0 Å². The van der Waals surface area contributed by atoms with Gasteiger partial charge in [0.2, 0.25) is 5.91 Å². The molecule has 1 atom stereocenters. The van der Waals surface area contributed by atoms with Crippen molar-refractivity contribution in [1.82, 2.24) is 0 Å². The summed E-state index contributed by atoms with van der Waals surface area (Å²) in [6, 6.07) is 3.18. The van der Waals surface area contributed by atoms with Gasteiger partial charge < -0.3 is 15.7 Å². The van der Waals surface area contributed by atoms with Crippen LogP contribution in [-0.4, -0.2) is 24.1 Å². The van der Waals surface area contributed by atoms with Crippen LogP contribution in [0.15, 0.2) is 18.2 Å². The largest absolute Gasteiger partial charge is 0.507 e. The second-order valence-corrected chi connectivity index (χ2v) is 4.53. The van der Waals surface area contributed by atoms with Gasteiger partial charge in [-0.15, -0.1) is 0 Å². The Bertz CT molecular complexity index is 502. The number of carbonyl (C=O) groups is 1. The van der Waals surface area contributed by atoms with E-state index in [-0.39, 0.29) is 5.92 Å². The van der Waals surface area contributed by atoms with Gasteiger partial charge in [-0.3, -0.25) is 4.79 Å². The highest BCUT2D eigenvalue weighted by Gasteiger charge is 2.34. The van der Waals surface area contributed by atoms with Crippen molar-refractivity contribution in [2.75, 3.05) is 18.0 Å². The molecule has 4 nitrogen and oxygen atoms in total. The molecule has 2 rings (SSSR count). The summed E-state index contributed by atoms with van der Waals surface area (Å²) in [4.78, 5) is 12.8. The van der Waals surface area contributed by atoms with E-state index in [0.717, 1.165) is 12.1 Å². The van der Waals surface area contributed by atoms with Crippen LogP contribution in [0.4, 0.5) is 18.9 Å². The van der Waals surface area contributed by atoms with E-state index in [0.29, 0.717) is 25.2 Å². The maximum atomic E-state index is 12.5. The van der Waals surface area contributed by atoms with Crippen molar-refractivity contribution < 1.29 is 23.1 Å². The molecule has 0 aliphatic carbocycles. The predicted octanol–water partition coefficient (Wildman–Crippen LogP) is 1.72. The molecule has 1 fully saturated rings. The first kappa shape index (κ1) is 13.5. The fourth-order valence-corrected chi connectivity index (χ4v) is 2.18. The normalized spacial score (nSPS) is 19.7. The van der Waals surface area contributed by atoms with Gasteiger partial charge in [-0.25, -0.2) is 0 Å². The highest BCUT2D eigenvalue weighted by Crippen LogP contribution is 2.38. The number of rotatable bonds is 2. The molecule has 0 bridgehead atoms. The van der Waals surface area contributed by atoms with Crippen LogP contribution < -0.4 is 10.6 Å². The van der Waals surface area contributed by atoms with Crippen LogP contribution >= 0.6 is 0 Å². The molecule has 1 heterocycles. The first-order chi connectivity index (χ1) is 8.79. The Labute approximate surface area is 107 Å². The van der Waals surface area contributed by atoms with Gasteiger partial charge in [0.25, 0.3) is 0 Å². The lowest BCUT2D eigenvalue weighted by Crippen LogP contribution is -2.27. The minimum Gasteiger partial charge on any atom is -0.507 e. The third-order valence-electron chi connectivity index (χ3n) is 3.24. The van der Waals surface area contributed by atoms with E-state index in [4.69, 9.17) is 5.73 Å². The van der Waals surface area contributed by atoms with E-state index >= 15 is 0 Å². The predicted molar refractivity (Wildman–Crippen MR) is 62.6 cm³/mol. The summed E-state index contributed by atoms with van der Waals surface area (Å²) in [6.45, 7) is 0.887. The lowest BCUT2D eigenvalue weighted by Gasteiger charge is -2.19. The summed E-state index contributed by atoms with van der Waals surface area (Å²) < 4.78 is 37.5. The fraction of sp³-hybridized carbons (Fsp3) is 0.417. The van der Waals surface area contributed by atoms with Crippen molar-refractivity contribution >= 4 is 11.6 Å². The van der Waals surface area contributed by atoms with Crippen molar-refractivity contribution in [3.8, 4) is 5.75 Å². The average molecular weight is 274 g/mol. The van der Waals surface area contributed by atoms with Gasteiger partial charge in [-0.1, -0.05) is 0 Å². The molecular formula is C12H13F3N2O2. The summed E-state index contributed by atoms with van der Waals surface area (Å²) in [5.41, 5.74) is 4.57. The molecule has 1 aliphatic heterocycles. The number of nitrogens with zero attached hydrogens (tertiary/aromatic N) is 1. The molecule has 7 heteroatoms. The molecule has 0 spiro atoms. The van der Waals surface area contributed by atoms with E-state index in [1.54, 1.807) is 4.90 Å². The Balaban J connectivity index is 2.20. The number of aromatic hydroxyl groups is 1. The highest BCUT2D eigenvalue weighted by atomic mass is 19.4. The number of carbonyl (C=O) groups excluding carboxylic acids is 1. The molecule has 0 aromatic heterocycles. The molecular weight excluding hydrogens is 261 g/mol. The maximum absolute atomic E-state index is 12.5. The van der Waals surface area contributed by atoms with Crippen LogP contribution in [0.1, 0.15) is 12.0 Å². The fourth-order valence-electron chi connectivity index (χ4n) is 2.18. The molecule has 0 saturated carbocycles. The van der Waals surface area contributed by atoms with Gasteiger partial charge >= 0.3 is 6.18 Å². The average Bonchev–Trinajstić information content (AvgIpc) is 2.76. The van der Waals surface area contributed by atoms with E-state index in [9.17, 15) is 23.1 Å². The van der Waals surface area contributed by atoms with Gasteiger partial charge in [0.15, 0.2) is 0 Å². The zero-order valence-electron chi connectivity index (χ0n) is 9.94. The first-order valence-corrected chi connectivity index (χ1v) is 5.73. The monoisotopic (exact) mass is 274 g/mol. The zero-order chi connectivity index (χ0) is 14.2. The zero-order valence-corrected chi connectivity index (χ0v) is 9.94. The molecule has 3 N–H and O–H groups in total. The van der Waals surface area contributed by atoms with Crippen LogP contribution in [0.5, 0.6) is 5.75 Å². The topological polar surface area (TPSA) is 66.6 Å². The minimum absolute atomic E-state index is 0.301. The number of benzene rings is 1. The molecule has 1 aliphatic rings. The number of halogens is 3. The SMILES string of the molecule is NC(=O)C1CCN(c2ccc(C(F)(F)F)c(O)c2)C1. The Morgan fingerprint density at radius 3 is 2.58 bits per heavy atom. The standard InChI is InChI=1S/C12H13F3N2O2/c13-12(14,15)9-2-1-8(5-10(9)18)17-4-3-7(6-17)11(16)19/h1-2,5,7,18H,3-4,6H2,(H2,16,19). The number of amides is 1. The van der Waals surface area contributed by atoms with Gasteiger partial charge in [0.1, 0.15) is 5.75 Å². The molecule has 1 unspecified atom stereocenters. The molecule has 1 aromatic rings. The maximum Gasteiger partial charge on any atom is 0.419 e. The number of phenols is 1. The number of phenolic OH excluding ortho intramolecular Hbond substituents is 1. The van der Waals surface area contributed by atoms with Crippen molar-refractivity contribution in [3.05, 3.63) is 23.8 Å². The highest BCUT2D eigenvalue weighted by molar-refractivity contribution is 5.78. The Kier molecular flexibility index (Phi) is 3.30. The van der Waals surface area contributed by atoms with E-state index in [2.05, 4.69) is 0 Å². The molecule has 104 valence electrons. The summed E-state index contributed by atoms with van der Waals surface area (Å²) in [5, 5.41) is 9.42. The number of alkyl halides is 3. The minimum atomic E-state index is -4.58. The molecule has 1 amide bonds. The smallest absolute Gasteiger partial charge is 0.419 e. The summed E-state index contributed by atoms with van der Waals surface area (Å²) in [7, 11) is 0. The quantitative estimate of drug-likeness (QED) is 0.863. The summed E-state index contributed by atoms with van der Waals surface area (Å²) in [6.07, 6.45) is -4.01. The van der Waals surface area contributed by atoms with E-state index in [1.807, 2.05) is 0 Å². The van der Waals surface area contributed by atoms with Crippen molar-refractivity contribution in [2.45, 2.75) is 12.6 Å². The van der Waals surface area contributed by atoms with Crippen LogP contribution in [-0.2, 0) is 11.0 Å². The second kappa shape index (κ2) is 4.64. The Morgan fingerprint density at radius 2 is 2.11 bits per heavy atom. The third-order valence-corrected chi connectivity index (χ3v) is 3.24. The van der Waals surface area contributed by atoms with E-state index in [1.165, 1.54) is 6.07 Å². The summed E-state index contributed by atoms with van der Waals surface area (Å²) in [5.74, 6) is -1.53. The Morgan fingerprint density at radius 1 is 1.42 bits per heavy atom. The summed E-state index contributed by atoms with van der Waals surface area (Å²) >= 11 is 0.